The molecule has 0 aromatic rings. The molecule has 0 spiro atoms. The molecule has 1 aliphatic rings. The minimum Gasteiger partial charge on any atom is -0.459 e. The molecule has 0 bridgehead atoms. The van der Waals surface area contributed by atoms with Gasteiger partial charge < -0.3 is 40.2 Å². The lowest BCUT2D eigenvalue weighted by Gasteiger charge is -2.28. The van der Waals surface area contributed by atoms with Gasteiger partial charge in [0.15, 0.2) is 6.10 Å². The molecule has 1 fully saturated rings. The van der Waals surface area contributed by atoms with E-state index in [-0.39, 0.29) is 25.0 Å². The molecule has 0 radical (unpaired) electrons. The number of ether oxygens (including phenoxy) is 3. The highest BCUT2D eigenvalue weighted by molar-refractivity contribution is 5.89. The van der Waals surface area contributed by atoms with E-state index < -0.39 is 54.3 Å². The minimum atomic E-state index is -1.76. The second-order valence-electron chi connectivity index (χ2n) is 11.5. The maximum absolute atomic E-state index is 12.8. The average Bonchev–Trinajstić information content (AvgIpc) is 3.06. The van der Waals surface area contributed by atoms with Crippen molar-refractivity contribution in [3.8, 4) is 0 Å². The minimum absolute atomic E-state index is 0.0933. The largest absolute Gasteiger partial charge is 0.459 e. The molecule has 1 saturated heterocycles. The van der Waals surface area contributed by atoms with Gasteiger partial charge in [-0.2, -0.15) is 0 Å². The van der Waals surface area contributed by atoms with Crippen LogP contribution in [0, 0.1) is 5.41 Å². The Morgan fingerprint density at radius 1 is 1.05 bits per heavy atom. The molecular weight excluding hydrogens is 520 g/mol. The fourth-order valence-electron chi connectivity index (χ4n) is 4.24. The zero-order chi connectivity index (χ0) is 30.1. The first-order valence-electron chi connectivity index (χ1n) is 14.5. The molecule has 0 saturated carbocycles. The van der Waals surface area contributed by atoms with Crippen molar-refractivity contribution >= 4 is 17.8 Å². The van der Waals surface area contributed by atoms with Gasteiger partial charge >= 0.3 is 5.97 Å². The predicted octanol–water partition coefficient (Wildman–Crippen LogP) is 1.76. The lowest BCUT2D eigenvalue weighted by Crippen LogP contribution is -2.55. The Labute approximate surface area is 239 Å². The van der Waals surface area contributed by atoms with Gasteiger partial charge in [0.2, 0.25) is 5.91 Å². The number of carbonyl (C=O) groups is 3. The number of methoxy groups -OCH3 is 1. The van der Waals surface area contributed by atoms with Crippen molar-refractivity contribution < 1.29 is 43.9 Å². The quantitative estimate of drug-likeness (QED) is 0.0935. The van der Waals surface area contributed by atoms with Gasteiger partial charge in [-0.15, -0.1) is 0 Å². The van der Waals surface area contributed by atoms with Crippen LogP contribution in [-0.4, -0.2) is 96.5 Å². The summed E-state index contributed by atoms with van der Waals surface area (Å²) in [6.07, 6.45) is 4.59. The monoisotopic (exact) mass is 572 g/mol. The number of amides is 2. The van der Waals surface area contributed by atoms with Gasteiger partial charge in [-0.3, -0.25) is 9.59 Å². The van der Waals surface area contributed by atoms with E-state index in [4.69, 9.17) is 14.2 Å². The van der Waals surface area contributed by atoms with Crippen molar-refractivity contribution in [1.82, 2.24) is 10.6 Å². The lowest BCUT2D eigenvalue weighted by molar-refractivity contribution is -0.154. The van der Waals surface area contributed by atoms with E-state index in [0.717, 1.165) is 19.3 Å². The van der Waals surface area contributed by atoms with Gasteiger partial charge in [0, 0.05) is 13.7 Å². The van der Waals surface area contributed by atoms with Gasteiger partial charge in [0.05, 0.1) is 6.54 Å². The first kappa shape index (κ1) is 36.0. The first-order chi connectivity index (χ1) is 18.9. The van der Waals surface area contributed by atoms with Crippen LogP contribution in [0.2, 0.25) is 0 Å². The standard InChI is InChI=1S/C29H52N2O9/c1-6-7-8-9-10-11-12-17-39-19-23(33)40-20-13-14-21(27(36)30-18-20)31-28(37)26(38-5)25(35)24(34)22(32)15-16-29(2,3)4/h15-16,20-22,24-26,32,34-35H,6-14,17-19H2,1-5H3,(H,30,36)(H,31,37)/b16-15+/t20-,21+,22-,24+,25-,26-/m1/s1. The number of nitrogens with one attached hydrogen (secondary N) is 2. The molecule has 40 heavy (non-hydrogen) atoms. The summed E-state index contributed by atoms with van der Waals surface area (Å²) in [6, 6.07) is -0.961. The van der Waals surface area contributed by atoms with E-state index in [1.54, 1.807) is 6.08 Å². The number of hydrogen-bond acceptors (Lipinski definition) is 9. The number of allylic oxidation sites excluding steroid dienone is 1. The molecule has 0 aromatic heterocycles. The van der Waals surface area contributed by atoms with E-state index in [1.165, 1.54) is 38.9 Å². The van der Waals surface area contributed by atoms with Gasteiger partial charge in [-0.25, -0.2) is 4.79 Å². The van der Waals surface area contributed by atoms with E-state index in [2.05, 4.69) is 17.6 Å². The second kappa shape index (κ2) is 19.1. The van der Waals surface area contributed by atoms with Gasteiger partial charge in [0.1, 0.15) is 37.1 Å². The molecule has 2 amide bonds. The number of aliphatic hydroxyl groups is 3. The van der Waals surface area contributed by atoms with E-state index in [9.17, 15) is 29.7 Å². The number of aliphatic hydroxyl groups excluding tert-OH is 3. The molecule has 0 aliphatic carbocycles. The van der Waals surface area contributed by atoms with E-state index in [0.29, 0.717) is 13.0 Å². The summed E-state index contributed by atoms with van der Waals surface area (Å²) in [5.74, 6) is -1.81. The summed E-state index contributed by atoms with van der Waals surface area (Å²) in [5.41, 5.74) is -0.261. The molecule has 6 atom stereocenters. The van der Waals surface area contributed by atoms with E-state index >= 15 is 0 Å². The zero-order valence-electron chi connectivity index (χ0n) is 24.9. The molecule has 1 aliphatic heterocycles. The number of carbonyl (C=O) groups excluding carboxylic acids is 3. The molecule has 11 nitrogen and oxygen atoms in total. The molecule has 1 rings (SSSR count). The van der Waals surface area contributed by atoms with Crippen LogP contribution in [0.4, 0.5) is 0 Å². The number of hydrogen-bond donors (Lipinski definition) is 5. The SMILES string of the molecule is CCCCCCCCCOCC(=O)O[C@@H]1CC[C@H](NC(=O)[C@H](OC)[C@H](O)[C@@H](O)[C@H](O)/C=C/C(C)(C)C)C(=O)NC1. The van der Waals surface area contributed by atoms with Gasteiger partial charge in [0.25, 0.3) is 5.91 Å². The van der Waals surface area contributed by atoms with Crippen molar-refractivity contribution in [3.05, 3.63) is 12.2 Å². The Hall–Kier alpha value is -2.05. The number of esters is 1. The van der Waals surface area contributed by atoms with Crippen molar-refractivity contribution in [2.24, 2.45) is 5.41 Å². The van der Waals surface area contributed by atoms with Crippen molar-refractivity contribution in [2.75, 3.05) is 26.9 Å². The van der Waals surface area contributed by atoms with Crippen molar-refractivity contribution in [3.63, 3.8) is 0 Å². The number of rotatable bonds is 18. The van der Waals surface area contributed by atoms with Gasteiger partial charge in [-0.1, -0.05) is 78.4 Å². The predicted molar refractivity (Wildman–Crippen MR) is 150 cm³/mol. The molecule has 0 unspecified atom stereocenters. The topological polar surface area (TPSA) is 164 Å². The Balaban J connectivity index is 2.48. The molecule has 232 valence electrons. The lowest BCUT2D eigenvalue weighted by atomic mass is 9.94. The number of unbranched alkanes of at least 4 members (excludes halogenated alkanes) is 6. The highest BCUT2D eigenvalue weighted by atomic mass is 16.6. The molecule has 0 aromatic carbocycles. The van der Waals surface area contributed by atoms with Crippen LogP contribution in [0.25, 0.3) is 0 Å². The van der Waals surface area contributed by atoms with E-state index in [1.807, 2.05) is 20.8 Å². The van der Waals surface area contributed by atoms with Gasteiger partial charge in [-0.05, 0) is 24.7 Å². The third-order valence-corrected chi connectivity index (χ3v) is 6.64. The van der Waals surface area contributed by atoms with Crippen LogP contribution in [0.1, 0.15) is 85.5 Å². The Morgan fingerprint density at radius 2 is 1.70 bits per heavy atom. The molecular formula is C29H52N2O9. The Kier molecular flexibility index (Phi) is 17.2. The fraction of sp³-hybridized carbons (Fsp3) is 0.828. The summed E-state index contributed by atoms with van der Waals surface area (Å²) in [6.45, 7) is 8.32. The average molecular weight is 573 g/mol. The molecule has 5 N–H and O–H groups in total. The van der Waals surface area contributed by atoms with Crippen molar-refractivity contribution in [1.29, 1.82) is 0 Å². The third-order valence-electron chi connectivity index (χ3n) is 6.64. The van der Waals surface area contributed by atoms with Crippen molar-refractivity contribution in [2.45, 2.75) is 122 Å². The highest BCUT2D eigenvalue weighted by Gasteiger charge is 2.37. The maximum atomic E-state index is 12.8. The first-order valence-corrected chi connectivity index (χ1v) is 14.5. The van der Waals surface area contributed by atoms with Crippen LogP contribution in [0.5, 0.6) is 0 Å². The van der Waals surface area contributed by atoms with Crippen LogP contribution in [0.15, 0.2) is 12.2 Å². The maximum Gasteiger partial charge on any atom is 0.332 e. The summed E-state index contributed by atoms with van der Waals surface area (Å²) < 4.78 is 15.9. The third kappa shape index (κ3) is 14.5. The smallest absolute Gasteiger partial charge is 0.332 e. The van der Waals surface area contributed by atoms with Crippen LogP contribution in [0.3, 0.4) is 0 Å². The normalized spacial score (nSPS) is 21.2. The fourth-order valence-corrected chi connectivity index (χ4v) is 4.24. The summed E-state index contributed by atoms with van der Waals surface area (Å²) in [7, 11) is 1.18. The van der Waals surface area contributed by atoms with Crippen LogP contribution >= 0.6 is 0 Å². The molecule has 11 heteroatoms. The second-order valence-corrected chi connectivity index (χ2v) is 11.5. The summed E-state index contributed by atoms with van der Waals surface area (Å²) in [4.78, 5) is 37.5. The Bertz CT molecular complexity index is 784. The Morgan fingerprint density at radius 3 is 2.33 bits per heavy atom. The zero-order valence-corrected chi connectivity index (χ0v) is 24.9. The summed E-state index contributed by atoms with van der Waals surface area (Å²) >= 11 is 0. The van der Waals surface area contributed by atoms with Crippen LogP contribution in [-0.2, 0) is 28.6 Å². The highest BCUT2D eigenvalue weighted by Crippen LogP contribution is 2.17. The summed E-state index contributed by atoms with van der Waals surface area (Å²) in [5, 5.41) is 36.2. The van der Waals surface area contributed by atoms with Crippen LogP contribution < -0.4 is 10.6 Å². The molecule has 1 heterocycles.